The second-order valence-electron chi connectivity index (χ2n) is 7.52. The highest BCUT2D eigenvalue weighted by molar-refractivity contribution is 5.78. The highest BCUT2D eigenvalue weighted by Crippen LogP contribution is 2.30. The van der Waals surface area contributed by atoms with Crippen molar-refractivity contribution in [2.45, 2.75) is 19.9 Å². The number of rotatable bonds is 7. The van der Waals surface area contributed by atoms with E-state index in [1.807, 2.05) is 75.3 Å². The minimum atomic E-state index is -0.474. The number of tetrazole rings is 1. The van der Waals surface area contributed by atoms with Crippen LogP contribution in [-0.4, -0.2) is 65.9 Å². The Morgan fingerprint density at radius 3 is 2.27 bits per heavy atom. The van der Waals surface area contributed by atoms with Crippen molar-refractivity contribution in [3.63, 3.8) is 0 Å². The van der Waals surface area contributed by atoms with Crippen LogP contribution in [0.1, 0.15) is 28.6 Å². The molecule has 0 bridgehead atoms. The van der Waals surface area contributed by atoms with Crippen molar-refractivity contribution in [2.24, 2.45) is 0 Å². The van der Waals surface area contributed by atoms with Gasteiger partial charge >= 0.3 is 0 Å². The Balaban J connectivity index is 2.15. The van der Waals surface area contributed by atoms with Gasteiger partial charge in [0.2, 0.25) is 5.91 Å². The number of benzene rings is 2. The molecule has 2 aromatic carbocycles. The van der Waals surface area contributed by atoms with Gasteiger partial charge in [-0.25, -0.2) is 0 Å². The lowest BCUT2D eigenvalue weighted by molar-refractivity contribution is -0.135. The van der Waals surface area contributed by atoms with Crippen LogP contribution < -0.4 is 4.90 Å². The number of ether oxygens (including phenoxy) is 1. The predicted octanol–water partition coefficient (Wildman–Crippen LogP) is 2.54. The van der Waals surface area contributed by atoms with Crippen LogP contribution in [0.4, 0.5) is 5.69 Å². The van der Waals surface area contributed by atoms with Gasteiger partial charge in [-0.3, -0.25) is 4.79 Å². The molecule has 1 amide bonds. The van der Waals surface area contributed by atoms with Crippen molar-refractivity contribution < 1.29 is 9.53 Å². The first-order valence-corrected chi connectivity index (χ1v) is 9.72. The van der Waals surface area contributed by atoms with Gasteiger partial charge in [0, 0.05) is 33.9 Å². The smallest absolute Gasteiger partial charge is 0.249 e. The molecule has 158 valence electrons. The largest absolute Gasteiger partial charge is 0.378 e. The summed E-state index contributed by atoms with van der Waals surface area (Å²) >= 11 is 0. The Kier molecular flexibility index (Phi) is 6.47. The van der Waals surface area contributed by atoms with Gasteiger partial charge in [0.1, 0.15) is 12.6 Å². The Morgan fingerprint density at radius 2 is 1.70 bits per heavy atom. The fourth-order valence-corrected chi connectivity index (χ4v) is 3.53. The molecule has 0 fully saturated rings. The van der Waals surface area contributed by atoms with Crippen LogP contribution in [0.3, 0.4) is 0 Å². The Morgan fingerprint density at radius 1 is 1.07 bits per heavy atom. The third-order valence-corrected chi connectivity index (χ3v) is 5.16. The molecule has 3 aromatic rings. The average molecular weight is 409 g/mol. The van der Waals surface area contributed by atoms with E-state index in [1.165, 1.54) is 7.11 Å². The fraction of sp³-hybridized carbons (Fsp3) is 0.364. The maximum Gasteiger partial charge on any atom is 0.249 e. The van der Waals surface area contributed by atoms with Gasteiger partial charge in [0.25, 0.3) is 0 Å². The summed E-state index contributed by atoms with van der Waals surface area (Å²) in [6, 6.07) is 13.6. The zero-order chi connectivity index (χ0) is 21.8. The number of likely N-dealkylation sites (N-methyl/N-ethyl adjacent to an activating group) is 1. The monoisotopic (exact) mass is 408 g/mol. The zero-order valence-corrected chi connectivity index (χ0v) is 18.3. The molecule has 8 heteroatoms. The summed E-state index contributed by atoms with van der Waals surface area (Å²) in [5.41, 5.74) is 5.00. The summed E-state index contributed by atoms with van der Waals surface area (Å²) in [4.78, 5) is 16.4. The average Bonchev–Trinajstić information content (AvgIpc) is 3.17. The van der Waals surface area contributed by atoms with Crippen LogP contribution in [0.15, 0.2) is 42.5 Å². The molecule has 0 aliphatic carbocycles. The number of carbonyl (C=O) groups is 1. The Bertz CT molecular complexity index is 992. The lowest BCUT2D eigenvalue weighted by Crippen LogP contribution is -2.36. The van der Waals surface area contributed by atoms with Crippen LogP contribution in [0.5, 0.6) is 0 Å². The van der Waals surface area contributed by atoms with Gasteiger partial charge in [0.15, 0.2) is 5.82 Å². The van der Waals surface area contributed by atoms with E-state index in [9.17, 15) is 4.79 Å². The van der Waals surface area contributed by atoms with E-state index in [4.69, 9.17) is 4.74 Å². The molecule has 3 rings (SSSR count). The van der Waals surface area contributed by atoms with Crippen molar-refractivity contribution >= 4 is 11.6 Å². The first-order valence-electron chi connectivity index (χ1n) is 9.72. The quantitative estimate of drug-likeness (QED) is 0.598. The number of anilines is 1. The van der Waals surface area contributed by atoms with E-state index in [0.29, 0.717) is 5.82 Å². The molecular formula is C22H28N6O2. The van der Waals surface area contributed by atoms with Crippen molar-refractivity contribution in [1.29, 1.82) is 0 Å². The molecule has 0 spiro atoms. The third kappa shape index (κ3) is 4.18. The van der Waals surface area contributed by atoms with Crippen LogP contribution >= 0.6 is 0 Å². The van der Waals surface area contributed by atoms with Gasteiger partial charge in [0.05, 0.1) is 5.69 Å². The van der Waals surface area contributed by atoms with Crippen molar-refractivity contribution in [3.05, 3.63) is 65.0 Å². The lowest BCUT2D eigenvalue weighted by Gasteiger charge is -2.28. The van der Waals surface area contributed by atoms with Crippen molar-refractivity contribution in [3.8, 4) is 5.69 Å². The normalized spacial score (nSPS) is 11.9. The van der Waals surface area contributed by atoms with Crippen LogP contribution in [0.25, 0.3) is 5.69 Å². The molecule has 8 nitrogen and oxygen atoms in total. The second-order valence-corrected chi connectivity index (χ2v) is 7.52. The maximum atomic E-state index is 12.7. The second kappa shape index (κ2) is 9.04. The fourth-order valence-electron chi connectivity index (χ4n) is 3.53. The van der Waals surface area contributed by atoms with Gasteiger partial charge < -0.3 is 14.5 Å². The van der Waals surface area contributed by atoms with E-state index in [0.717, 1.165) is 28.1 Å². The van der Waals surface area contributed by atoms with Crippen molar-refractivity contribution in [1.82, 2.24) is 25.1 Å². The number of para-hydroxylation sites is 1. The summed E-state index contributed by atoms with van der Waals surface area (Å²) in [7, 11) is 7.23. The summed E-state index contributed by atoms with van der Waals surface area (Å²) < 4.78 is 6.80. The molecule has 30 heavy (non-hydrogen) atoms. The summed E-state index contributed by atoms with van der Waals surface area (Å²) in [5.74, 6) is 0.409. The first-order chi connectivity index (χ1) is 14.3. The molecule has 0 radical (unpaired) electrons. The highest BCUT2D eigenvalue weighted by Gasteiger charge is 2.30. The number of aromatic nitrogens is 4. The van der Waals surface area contributed by atoms with Crippen LogP contribution in [0.2, 0.25) is 0 Å². The molecule has 1 heterocycles. The van der Waals surface area contributed by atoms with E-state index in [-0.39, 0.29) is 12.5 Å². The van der Waals surface area contributed by atoms with Gasteiger partial charge in [-0.05, 0) is 53.1 Å². The molecule has 1 aromatic heterocycles. The predicted molar refractivity (Wildman–Crippen MR) is 116 cm³/mol. The minimum Gasteiger partial charge on any atom is -0.378 e. The summed E-state index contributed by atoms with van der Waals surface area (Å²) in [6.07, 6.45) is 0. The molecule has 0 saturated heterocycles. The van der Waals surface area contributed by atoms with E-state index in [1.54, 1.807) is 16.6 Å². The van der Waals surface area contributed by atoms with Gasteiger partial charge in [-0.2, -0.15) is 4.68 Å². The molecule has 0 saturated carbocycles. The number of methoxy groups -OCH3 is 1. The number of amides is 1. The number of nitrogens with zero attached hydrogens (tertiary/aromatic N) is 6. The van der Waals surface area contributed by atoms with Crippen molar-refractivity contribution in [2.75, 3.05) is 39.8 Å². The number of aryl methyl sites for hydroxylation is 2. The third-order valence-electron chi connectivity index (χ3n) is 5.16. The first kappa shape index (κ1) is 21.4. The van der Waals surface area contributed by atoms with Gasteiger partial charge in [-0.15, -0.1) is 5.10 Å². The molecule has 0 N–H and O–H groups in total. The topological polar surface area (TPSA) is 76.4 Å². The molecular weight excluding hydrogens is 380 g/mol. The molecule has 0 aliphatic heterocycles. The van der Waals surface area contributed by atoms with Gasteiger partial charge in [-0.1, -0.05) is 30.3 Å². The summed E-state index contributed by atoms with van der Waals surface area (Å²) in [5, 5.41) is 12.5. The number of hydrogen-bond donors (Lipinski definition) is 0. The lowest BCUT2D eigenvalue weighted by atomic mass is 10.0. The molecule has 0 unspecified atom stereocenters. The minimum absolute atomic E-state index is 0.0201. The van der Waals surface area contributed by atoms with E-state index < -0.39 is 6.04 Å². The standard InChI is InChI=1S/C22H28N6O2/c1-15-8-7-9-16(2)20(15)28-22(23-24-25-28)21(27(5)19(29)14-30-6)17-10-12-18(13-11-17)26(3)4/h7-13,21H,14H2,1-6H3/t21-/m0/s1. The van der Waals surface area contributed by atoms with Crippen LogP contribution in [-0.2, 0) is 9.53 Å². The zero-order valence-electron chi connectivity index (χ0n) is 18.3. The maximum absolute atomic E-state index is 12.7. The SMILES string of the molecule is COCC(=O)N(C)[C@@H](c1ccc(N(C)C)cc1)c1nnnn1-c1c(C)cccc1C. The Labute approximate surface area is 177 Å². The highest BCUT2D eigenvalue weighted by atomic mass is 16.5. The van der Waals surface area contributed by atoms with Crippen LogP contribution in [0, 0.1) is 13.8 Å². The van der Waals surface area contributed by atoms with E-state index in [2.05, 4.69) is 15.5 Å². The number of hydrogen-bond acceptors (Lipinski definition) is 6. The Hall–Kier alpha value is -3.26. The molecule has 0 aliphatic rings. The summed E-state index contributed by atoms with van der Waals surface area (Å²) in [6.45, 7) is 4.02. The molecule has 1 atom stereocenters. The van der Waals surface area contributed by atoms with E-state index >= 15 is 0 Å². The number of carbonyl (C=O) groups excluding carboxylic acids is 1.